The van der Waals surface area contributed by atoms with Crippen LogP contribution in [0.25, 0.3) is 11.6 Å². The third-order valence-electron chi connectivity index (χ3n) is 9.18. The third-order valence-corrected chi connectivity index (χ3v) is 11.2. The molecular weight excluding hydrogens is 524 g/mol. The van der Waals surface area contributed by atoms with Crippen LogP contribution in [0.3, 0.4) is 0 Å². The van der Waals surface area contributed by atoms with E-state index in [4.69, 9.17) is 18.9 Å². The van der Waals surface area contributed by atoms with Crippen molar-refractivity contribution in [3.8, 4) is 5.75 Å². The lowest BCUT2D eigenvalue weighted by molar-refractivity contribution is -0.153. The highest BCUT2D eigenvalue weighted by Gasteiger charge is 2.68. The molecule has 0 aromatic heterocycles. The summed E-state index contributed by atoms with van der Waals surface area (Å²) >= 11 is 0. The van der Waals surface area contributed by atoms with E-state index in [-0.39, 0.29) is 11.7 Å². The molecule has 212 valence electrons. The summed E-state index contributed by atoms with van der Waals surface area (Å²) in [6.07, 6.45) is 7.70. The molecular formula is C36H40O4Si. The Labute approximate surface area is 245 Å². The van der Waals surface area contributed by atoms with Gasteiger partial charge in [-0.1, -0.05) is 74.3 Å². The fraction of sp³-hybridized carbons (Fsp3) is 0.389. The Morgan fingerprint density at radius 3 is 2.34 bits per heavy atom. The van der Waals surface area contributed by atoms with E-state index in [1.807, 2.05) is 12.1 Å². The minimum atomic E-state index is -1.88. The monoisotopic (exact) mass is 564 g/mol. The molecule has 1 saturated carbocycles. The Balaban J connectivity index is 1.56. The summed E-state index contributed by atoms with van der Waals surface area (Å²) in [5.74, 6) is 0.248. The van der Waals surface area contributed by atoms with Gasteiger partial charge in [0.2, 0.25) is 0 Å². The van der Waals surface area contributed by atoms with Crippen molar-refractivity contribution in [3.05, 3.63) is 110 Å². The van der Waals surface area contributed by atoms with E-state index >= 15 is 0 Å². The molecule has 5 aliphatic rings. The van der Waals surface area contributed by atoms with E-state index in [1.165, 1.54) is 49.8 Å². The fourth-order valence-electron chi connectivity index (χ4n) is 7.75. The molecule has 2 aromatic rings. The highest BCUT2D eigenvalue weighted by molar-refractivity contribution is 6.85. The molecule has 0 bridgehead atoms. The second-order valence-corrected chi connectivity index (χ2v) is 18.3. The molecule has 2 atom stereocenters. The van der Waals surface area contributed by atoms with Crippen molar-refractivity contribution >= 4 is 19.7 Å². The summed E-state index contributed by atoms with van der Waals surface area (Å²) in [7, 11) is -0.164. The van der Waals surface area contributed by atoms with Gasteiger partial charge in [-0.3, -0.25) is 0 Å². The van der Waals surface area contributed by atoms with Gasteiger partial charge in [-0.15, -0.1) is 0 Å². The van der Waals surface area contributed by atoms with Gasteiger partial charge in [0.15, 0.2) is 5.79 Å². The van der Waals surface area contributed by atoms with Gasteiger partial charge in [-0.05, 0) is 101 Å². The second-order valence-electron chi connectivity index (χ2n) is 13.3. The van der Waals surface area contributed by atoms with Crippen LogP contribution in [0.15, 0.2) is 99.3 Å². The fourth-order valence-corrected chi connectivity index (χ4v) is 9.90. The molecule has 7 rings (SSSR count). The van der Waals surface area contributed by atoms with Gasteiger partial charge < -0.3 is 18.9 Å². The molecule has 3 aliphatic carbocycles. The van der Waals surface area contributed by atoms with E-state index in [0.29, 0.717) is 13.2 Å². The molecule has 3 fully saturated rings. The van der Waals surface area contributed by atoms with Crippen LogP contribution in [0.5, 0.6) is 5.75 Å². The van der Waals surface area contributed by atoms with Crippen LogP contribution in [-0.2, 0) is 14.2 Å². The normalized spacial score (nSPS) is 32.3. The minimum absolute atomic E-state index is 0.0394. The smallest absolute Gasteiger partial charge is 0.165 e. The molecule has 41 heavy (non-hydrogen) atoms. The van der Waals surface area contributed by atoms with E-state index in [2.05, 4.69) is 88.1 Å². The number of hydrogen-bond donors (Lipinski definition) is 0. The number of methoxy groups -OCH3 is 1. The Hall–Kier alpha value is -2.96. The zero-order valence-corrected chi connectivity index (χ0v) is 26.1. The van der Waals surface area contributed by atoms with Crippen molar-refractivity contribution in [3.63, 3.8) is 0 Å². The summed E-state index contributed by atoms with van der Waals surface area (Å²) in [6.45, 7) is 12.9. The first-order valence-corrected chi connectivity index (χ1v) is 18.4. The van der Waals surface area contributed by atoms with Crippen molar-refractivity contribution in [2.24, 2.45) is 0 Å². The van der Waals surface area contributed by atoms with Crippen LogP contribution in [0.4, 0.5) is 0 Å². The summed E-state index contributed by atoms with van der Waals surface area (Å²) in [5, 5.41) is 1.51. The predicted octanol–water partition coefficient (Wildman–Crippen LogP) is 8.06. The maximum atomic E-state index is 6.87. The SMILES string of the molecule is COc1ccc(/C=C/C2=C(c3ccccc3)/C([Si](C)(C)C)=C3/COC/C3=C3C4=C2CCCC42OC(C)(C)OC/32)cc1. The van der Waals surface area contributed by atoms with Gasteiger partial charge in [0.1, 0.15) is 17.5 Å². The van der Waals surface area contributed by atoms with Crippen LogP contribution in [0.2, 0.25) is 19.6 Å². The maximum absolute atomic E-state index is 6.87. The van der Waals surface area contributed by atoms with E-state index in [0.717, 1.165) is 30.6 Å². The Morgan fingerprint density at radius 2 is 1.63 bits per heavy atom. The number of fused-ring (bicyclic) bond motifs is 2. The zero-order valence-electron chi connectivity index (χ0n) is 25.1. The van der Waals surface area contributed by atoms with Crippen molar-refractivity contribution in [2.75, 3.05) is 20.3 Å². The molecule has 2 aliphatic heterocycles. The van der Waals surface area contributed by atoms with Crippen molar-refractivity contribution in [1.82, 2.24) is 0 Å². The molecule has 2 saturated heterocycles. The van der Waals surface area contributed by atoms with Crippen molar-refractivity contribution in [2.45, 2.75) is 70.2 Å². The largest absolute Gasteiger partial charge is 0.497 e. The number of rotatable bonds is 5. The maximum Gasteiger partial charge on any atom is 0.165 e. The topological polar surface area (TPSA) is 36.9 Å². The van der Waals surface area contributed by atoms with E-state index in [1.54, 1.807) is 7.11 Å². The average Bonchev–Trinajstić information content (AvgIpc) is 3.47. The van der Waals surface area contributed by atoms with Crippen LogP contribution in [0.1, 0.15) is 44.2 Å². The van der Waals surface area contributed by atoms with Gasteiger partial charge >= 0.3 is 0 Å². The molecule has 0 amide bonds. The van der Waals surface area contributed by atoms with Gasteiger partial charge in [-0.2, -0.15) is 0 Å². The first-order valence-electron chi connectivity index (χ1n) is 14.9. The summed E-state index contributed by atoms with van der Waals surface area (Å²) in [4.78, 5) is 0. The van der Waals surface area contributed by atoms with Crippen molar-refractivity contribution in [1.29, 1.82) is 0 Å². The molecule has 2 unspecified atom stereocenters. The summed E-state index contributed by atoms with van der Waals surface area (Å²) < 4.78 is 25.3. The van der Waals surface area contributed by atoms with Gasteiger partial charge in [-0.25, -0.2) is 0 Å². The van der Waals surface area contributed by atoms with Crippen LogP contribution < -0.4 is 4.74 Å². The predicted molar refractivity (Wildman–Crippen MR) is 167 cm³/mol. The van der Waals surface area contributed by atoms with Gasteiger partial charge in [0, 0.05) is 0 Å². The molecule has 4 nitrogen and oxygen atoms in total. The number of hydrogen-bond acceptors (Lipinski definition) is 4. The van der Waals surface area contributed by atoms with E-state index < -0.39 is 13.9 Å². The van der Waals surface area contributed by atoms with E-state index in [9.17, 15) is 0 Å². The minimum Gasteiger partial charge on any atom is -0.497 e. The molecule has 0 radical (unpaired) electrons. The van der Waals surface area contributed by atoms with Crippen LogP contribution in [-0.4, -0.2) is 45.9 Å². The molecule has 5 heteroatoms. The first-order chi connectivity index (χ1) is 19.6. The Kier molecular flexibility index (Phi) is 6.25. The van der Waals surface area contributed by atoms with Crippen LogP contribution in [0, 0.1) is 0 Å². The van der Waals surface area contributed by atoms with Crippen molar-refractivity contribution < 1.29 is 18.9 Å². The first kappa shape index (κ1) is 26.9. The molecule has 0 N–H and O–H groups in total. The lowest BCUT2D eigenvalue weighted by Gasteiger charge is -2.52. The lowest BCUT2D eigenvalue weighted by Crippen LogP contribution is -2.57. The Bertz CT molecular complexity index is 1560. The Morgan fingerprint density at radius 1 is 0.902 bits per heavy atom. The van der Waals surface area contributed by atoms with Gasteiger partial charge in [0.25, 0.3) is 0 Å². The molecule has 2 aromatic carbocycles. The number of benzene rings is 2. The highest BCUT2D eigenvalue weighted by Crippen LogP contribution is 2.65. The second kappa shape index (κ2) is 9.53. The summed E-state index contributed by atoms with van der Waals surface area (Å²) in [6, 6.07) is 19.3. The quantitative estimate of drug-likeness (QED) is 0.344. The molecule has 1 spiro atoms. The third kappa shape index (κ3) is 4.20. The molecule has 2 heterocycles. The zero-order chi connectivity index (χ0) is 28.6. The number of allylic oxidation sites excluding steroid dienone is 5. The lowest BCUT2D eigenvalue weighted by atomic mass is 9.57. The van der Waals surface area contributed by atoms with Gasteiger partial charge in [0.05, 0.1) is 28.4 Å². The standard InChI is InChI=1S/C36H40O4Si/c1-35(2)39-34-31-28-21-38-22-29(28)33(41(4,5)6)30(24-11-8-7-9-12-24)26(19-16-23-14-17-25(37-3)18-15-23)27-13-10-20-36(34,40-35)32(27)31/h7-9,11-12,14-19,34H,10,13,20-22H2,1-6H3/b19-16+,27-26?,30-26-,31-28+,33-29+,33-30?. The van der Waals surface area contributed by atoms with Crippen LogP contribution >= 0.6 is 0 Å². The highest BCUT2D eigenvalue weighted by atomic mass is 28.3. The summed E-state index contributed by atoms with van der Waals surface area (Å²) in [5.41, 5.74) is 11.6. The number of ether oxygens (including phenoxy) is 4. The average molecular weight is 565 g/mol.